The van der Waals surface area contributed by atoms with E-state index in [9.17, 15) is 4.79 Å². The highest BCUT2D eigenvalue weighted by molar-refractivity contribution is 5.95. The van der Waals surface area contributed by atoms with Crippen LogP contribution in [0.5, 0.6) is 5.75 Å². The molecule has 1 aliphatic heterocycles. The zero-order valence-corrected chi connectivity index (χ0v) is 12.2. The van der Waals surface area contributed by atoms with Gasteiger partial charge in [0.05, 0.1) is 12.6 Å². The van der Waals surface area contributed by atoms with Gasteiger partial charge in [0.1, 0.15) is 5.75 Å². The highest BCUT2D eigenvalue weighted by Crippen LogP contribution is 2.18. The Kier molecular flexibility index (Phi) is 5.87. The molecule has 0 saturated carbocycles. The summed E-state index contributed by atoms with van der Waals surface area (Å²) in [7, 11) is 0. The van der Waals surface area contributed by atoms with Crippen LogP contribution in [0.1, 0.15) is 39.0 Å². The lowest BCUT2D eigenvalue weighted by Crippen LogP contribution is -2.43. The predicted octanol–water partition coefficient (Wildman–Crippen LogP) is 2.95. The smallest absolute Gasteiger partial charge is 0.241 e. The van der Waals surface area contributed by atoms with E-state index in [4.69, 9.17) is 4.74 Å². The van der Waals surface area contributed by atoms with Crippen LogP contribution in [0.25, 0.3) is 0 Å². The number of piperidine rings is 1. The zero-order chi connectivity index (χ0) is 14.2. The summed E-state index contributed by atoms with van der Waals surface area (Å²) in [4.78, 5) is 12.1. The minimum atomic E-state index is -0.0617. The van der Waals surface area contributed by atoms with Gasteiger partial charge < -0.3 is 15.4 Å². The van der Waals surface area contributed by atoms with Crippen molar-refractivity contribution in [3.8, 4) is 5.75 Å². The third-order valence-corrected chi connectivity index (χ3v) is 3.49. The van der Waals surface area contributed by atoms with Crippen LogP contribution in [0.2, 0.25) is 0 Å². The lowest BCUT2D eigenvalue weighted by molar-refractivity contribution is -0.118. The number of hydrogen-bond donors (Lipinski definition) is 2. The van der Waals surface area contributed by atoms with Crippen LogP contribution < -0.4 is 15.4 Å². The van der Waals surface area contributed by atoms with Crippen LogP contribution in [-0.2, 0) is 4.79 Å². The first-order valence-electron chi connectivity index (χ1n) is 7.56. The van der Waals surface area contributed by atoms with Gasteiger partial charge in [-0.3, -0.25) is 4.79 Å². The molecule has 1 fully saturated rings. The molecule has 1 unspecified atom stereocenters. The van der Waals surface area contributed by atoms with Crippen LogP contribution in [0.15, 0.2) is 24.3 Å². The number of carbonyl (C=O) groups is 1. The van der Waals surface area contributed by atoms with E-state index in [1.54, 1.807) is 0 Å². The van der Waals surface area contributed by atoms with Crippen molar-refractivity contribution in [2.75, 3.05) is 18.5 Å². The van der Waals surface area contributed by atoms with Gasteiger partial charge in [-0.05, 0) is 37.9 Å². The molecule has 1 aliphatic rings. The fourth-order valence-electron chi connectivity index (χ4n) is 2.30. The first kappa shape index (κ1) is 14.9. The van der Waals surface area contributed by atoms with Crippen molar-refractivity contribution in [2.24, 2.45) is 0 Å². The van der Waals surface area contributed by atoms with E-state index in [2.05, 4.69) is 17.6 Å². The Balaban J connectivity index is 1.88. The molecule has 1 aromatic rings. The van der Waals surface area contributed by atoms with E-state index >= 15 is 0 Å². The van der Waals surface area contributed by atoms with E-state index < -0.39 is 0 Å². The van der Waals surface area contributed by atoms with E-state index in [0.29, 0.717) is 0 Å². The van der Waals surface area contributed by atoms with Gasteiger partial charge >= 0.3 is 0 Å². The number of benzene rings is 1. The first-order valence-corrected chi connectivity index (χ1v) is 7.56. The van der Waals surface area contributed by atoms with Crippen molar-refractivity contribution in [2.45, 2.75) is 45.1 Å². The van der Waals surface area contributed by atoms with E-state index in [0.717, 1.165) is 56.7 Å². The van der Waals surface area contributed by atoms with Gasteiger partial charge in [-0.1, -0.05) is 25.8 Å². The topological polar surface area (TPSA) is 50.4 Å². The van der Waals surface area contributed by atoms with E-state index in [1.807, 2.05) is 24.3 Å². The number of hydrogen-bond acceptors (Lipinski definition) is 3. The molecule has 1 heterocycles. The van der Waals surface area contributed by atoms with Crippen molar-refractivity contribution in [1.29, 1.82) is 0 Å². The number of unbranched alkanes of at least 4 members (excludes halogenated alkanes) is 1. The summed E-state index contributed by atoms with van der Waals surface area (Å²) in [5.74, 6) is 0.864. The molecular formula is C16H24N2O2. The first-order chi connectivity index (χ1) is 9.79. The second kappa shape index (κ2) is 7.90. The number of rotatable bonds is 6. The molecule has 2 rings (SSSR count). The number of nitrogens with one attached hydrogen (secondary N) is 2. The summed E-state index contributed by atoms with van der Waals surface area (Å²) in [6.45, 7) is 3.79. The molecule has 1 aromatic carbocycles. The molecule has 1 atom stereocenters. The second-order valence-corrected chi connectivity index (χ2v) is 5.22. The van der Waals surface area contributed by atoms with Gasteiger partial charge in [0.2, 0.25) is 5.91 Å². The molecule has 4 nitrogen and oxygen atoms in total. The fraction of sp³-hybridized carbons (Fsp3) is 0.562. The fourth-order valence-corrected chi connectivity index (χ4v) is 2.30. The van der Waals surface area contributed by atoms with Gasteiger partial charge in [0.15, 0.2) is 0 Å². The molecule has 2 N–H and O–H groups in total. The zero-order valence-electron chi connectivity index (χ0n) is 12.2. The van der Waals surface area contributed by atoms with Crippen LogP contribution in [0.4, 0.5) is 5.69 Å². The number of anilines is 1. The van der Waals surface area contributed by atoms with Crippen molar-refractivity contribution >= 4 is 11.6 Å². The molecule has 0 aliphatic carbocycles. The average Bonchev–Trinajstić information content (AvgIpc) is 2.49. The Labute approximate surface area is 120 Å². The molecule has 1 amide bonds. The Morgan fingerprint density at radius 2 is 2.35 bits per heavy atom. The lowest BCUT2D eigenvalue weighted by Gasteiger charge is -2.22. The predicted molar refractivity (Wildman–Crippen MR) is 81.1 cm³/mol. The molecule has 0 aromatic heterocycles. The maximum absolute atomic E-state index is 12.1. The maximum Gasteiger partial charge on any atom is 0.241 e. The number of ether oxygens (including phenoxy) is 1. The molecule has 0 bridgehead atoms. The van der Waals surface area contributed by atoms with Gasteiger partial charge in [-0.2, -0.15) is 0 Å². The summed E-state index contributed by atoms with van der Waals surface area (Å²) in [5, 5.41) is 6.21. The average molecular weight is 276 g/mol. The third kappa shape index (κ3) is 4.53. The normalized spacial score (nSPS) is 18.6. The van der Waals surface area contributed by atoms with E-state index in [1.165, 1.54) is 0 Å². The minimum Gasteiger partial charge on any atom is -0.494 e. The highest BCUT2D eigenvalue weighted by Gasteiger charge is 2.20. The van der Waals surface area contributed by atoms with Crippen molar-refractivity contribution in [1.82, 2.24) is 5.32 Å². The largest absolute Gasteiger partial charge is 0.494 e. The van der Waals surface area contributed by atoms with Crippen LogP contribution >= 0.6 is 0 Å². The Hall–Kier alpha value is -1.55. The minimum absolute atomic E-state index is 0.0513. The van der Waals surface area contributed by atoms with E-state index in [-0.39, 0.29) is 11.9 Å². The second-order valence-electron chi connectivity index (χ2n) is 5.22. The number of amides is 1. The molecule has 20 heavy (non-hydrogen) atoms. The van der Waals surface area contributed by atoms with Crippen LogP contribution in [0, 0.1) is 0 Å². The summed E-state index contributed by atoms with van der Waals surface area (Å²) in [6, 6.07) is 7.55. The van der Waals surface area contributed by atoms with Crippen molar-refractivity contribution < 1.29 is 9.53 Å². The quantitative estimate of drug-likeness (QED) is 0.785. The van der Waals surface area contributed by atoms with Crippen LogP contribution in [-0.4, -0.2) is 25.1 Å². The lowest BCUT2D eigenvalue weighted by atomic mass is 10.0. The van der Waals surface area contributed by atoms with Crippen molar-refractivity contribution in [3.63, 3.8) is 0 Å². The molecule has 0 radical (unpaired) electrons. The molecular weight excluding hydrogens is 252 g/mol. The van der Waals surface area contributed by atoms with Crippen LogP contribution in [0.3, 0.4) is 0 Å². The van der Waals surface area contributed by atoms with Gasteiger partial charge in [0.25, 0.3) is 0 Å². The Bertz CT molecular complexity index is 428. The summed E-state index contributed by atoms with van der Waals surface area (Å²) in [6.07, 6.45) is 5.35. The summed E-state index contributed by atoms with van der Waals surface area (Å²) < 4.78 is 5.65. The standard InChI is InChI=1S/C16H24N2O2/c1-2-3-11-20-14-8-6-7-13(12-14)18-16(19)15-9-4-5-10-17-15/h6-8,12,15,17H,2-5,9-11H2,1H3,(H,18,19). The highest BCUT2D eigenvalue weighted by atomic mass is 16.5. The number of carbonyl (C=O) groups excluding carboxylic acids is 1. The SMILES string of the molecule is CCCCOc1cccc(NC(=O)C2CCCCN2)c1. The van der Waals surface area contributed by atoms with Gasteiger partial charge in [-0.25, -0.2) is 0 Å². The maximum atomic E-state index is 12.1. The Morgan fingerprint density at radius 3 is 3.10 bits per heavy atom. The molecule has 1 saturated heterocycles. The monoisotopic (exact) mass is 276 g/mol. The summed E-state index contributed by atoms with van der Waals surface area (Å²) in [5.41, 5.74) is 0.802. The molecule has 110 valence electrons. The van der Waals surface area contributed by atoms with Gasteiger partial charge in [-0.15, -0.1) is 0 Å². The van der Waals surface area contributed by atoms with Crippen molar-refractivity contribution in [3.05, 3.63) is 24.3 Å². The molecule has 4 heteroatoms. The third-order valence-electron chi connectivity index (χ3n) is 3.49. The molecule has 0 spiro atoms. The Morgan fingerprint density at radius 1 is 1.45 bits per heavy atom. The van der Waals surface area contributed by atoms with Gasteiger partial charge in [0, 0.05) is 11.8 Å². The summed E-state index contributed by atoms with van der Waals surface area (Å²) >= 11 is 0.